The quantitative estimate of drug-likeness (QED) is 0.312. The standard InChI is InChI=1S/C24H31N7S/c1-5-30(6-2)21-13-9-19(10-14-21)17-25-23-28-29-24(32-23)27-26-18-20-11-15-22(16-12-20)31(7-3)8-4/h9-18H,5-8H2,1-4H3,(H,27,29). The molecule has 0 aliphatic rings. The first-order valence-corrected chi connectivity index (χ1v) is 11.8. The summed E-state index contributed by atoms with van der Waals surface area (Å²) < 4.78 is 0. The van der Waals surface area contributed by atoms with Crippen molar-refractivity contribution in [3.05, 3.63) is 59.7 Å². The largest absolute Gasteiger partial charge is 0.372 e. The third-order valence-corrected chi connectivity index (χ3v) is 5.89. The van der Waals surface area contributed by atoms with E-state index < -0.39 is 0 Å². The van der Waals surface area contributed by atoms with Crippen LogP contribution in [0.15, 0.2) is 58.6 Å². The number of hydrogen-bond donors (Lipinski definition) is 1. The summed E-state index contributed by atoms with van der Waals surface area (Å²) >= 11 is 1.35. The number of aromatic nitrogens is 2. The van der Waals surface area contributed by atoms with Gasteiger partial charge in [-0.3, -0.25) is 5.43 Å². The minimum Gasteiger partial charge on any atom is -0.372 e. The Morgan fingerprint density at radius 3 is 1.75 bits per heavy atom. The van der Waals surface area contributed by atoms with Gasteiger partial charge in [0.25, 0.3) is 0 Å². The maximum atomic E-state index is 4.43. The Labute approximate surface area is 194 Å². The fourth-order valence-electron chi connectivity index (χ4n) is 3.32. The zero-order valence-corrected chi connectivity index (χ0v) is 20.0. The highest BCUT2D eigenvalue weighted by molar-refractivity contribution is 7.18. The smallest absolute Gasteiger partial charge is 0.233 e. The number of nitrogens with one attached hydrogen (secondary N) is 1. The van der Waals surface area contributed by atoms with Crippen molar-refractivity contribution in [2.45, 2.75) is 27.7 Å². The van der Waals surface area contributed by atoms with Gasteiger partial charge in [-0.1, -0.05) is 35.6 Å². The van der Waals surface area contributed by atoms with Crippen LogP contribution in [0, 0.1) is 0 Å². The van der Waals surface area contributed by atoms with Crippen molar-refractivity contribution in [3.63, 3.8) is 0 Å². The van der Waals surface area contributed by atoms with Gasteiger partial charge in [0.15, 0.2) is 0 Å². The van der Waals surface area contributed by atoms with Gasteiger partial charge in [0.2, 0.25) is 10.3 Å². The highest BCUT2D eigenvalue weighted by atomic mass is 32.1. The van der Waals surface area contributed by atoms with Crippen LogP contribution in [-0.4, -0.2) is 48.8 Å². The van der Waals surface area contributed by atoms with Gasteiger partial charge < -0.3 is 9.80 Å². The molecule has 0 aliphatic carbocycles. The van der Waals surface area contributed by atoms with E-state index in [1.54, 1.807) is 12.4 Å². The van der Waals surface area contributed by atoms with Gasteiger partial charge in [0.05, 0.1) is 6.21 Å². The molecule has 2 aromatic carbocycles. The molecule has 0 saturated carbocycles. The van der Waals surface area contributed by atoms with Gasteiger partial charge in [-0.05, 0) is 63.1 Å². The molecule has 8 heteroatoms. The van der Waals surface area contributed by atoms with Crippen LogP contribution in [-0.2, 0) is 0 Å². The number of hydrogen-bond acceptors (Lipinski definition) is 8. The topological polar surface area (TPSA) is 69.0 Å². The van der Waals surface area contributed by atoms with Crippen LogP contribution in [0.1, 0.15) is 38.8 Å². The molecule has 0 unspecified atom stereocenters. The molecule has 32 heavy (non-hydrogen) atoms. The number of rotatable bonds is 11. The third kappa shape index (κ3) is 6.37. The molecule has 0 aliphatic heterocycles. The van der Waals surface area contributed by atoms with Crippen molar-refractivity contribution in [3.8, 4) is 0 Å². The van der Waals surface area contributed by atoms with Gasteiger partial charge in [0.1, 0.15) is 0 Å². The molecule has 7 nitrogen and oxygen atoms in total. The number of anilines is 3. The monoisotopic (exact) mass is 449 g/mol. The summed E-state index contributed by atoms with van der Waals surface area (Å²) in [7, 11) is 0. The van der Waals surface area contributed by atoms with Crippen LogP contribution < -0.4 is 15.2 Å². The number of aliphatic imine (C=N–C) groups is 1. The van der Waals surface area contributed by atoms with Crippen LogP contribution in [0.25, 0.3) is 0 Å². The molecule has 0 radical (unpaired) electrons. The summed E-state index contributed by atoms with van der Waals surface area (Å²) in [5, 5.41) is 13.6. The van der Waals surface area contributed by atoms with Crippen LogP contribution in [0.2, 0.25) is 0 Å². The Bertz CT molecular complexity index is 1000. The van der Waals surface area contributed by atoms with E-state index in [9.17, 15) is 0 Å². The fraction of sp³-hybridized carbons (Fsp3) is 0.333. The van der Waals surface area contributed by atoms with Crippen LogP contribution in [0.3, 0.4) is 0 Å². The van der Waals surface area contributed by atoms with Gasteiger partial charge >= 0.3 is 0 Å². The maximum absolute atomic E-state index is 4.43. The van der Waals surface area contributed by atoms with Gasteiger partial charge in [-0.25, -0.2) is 4.99 Å². The zero-order valence-electron chi connectivity index (χ0n) is 19.2. The fourth-order valence-corrected chi connectivity index (χ4v) is 3.86. The average molecular weight is 450 g/mol. The van der Waals surface area contributed by atoms with E-state index >= 15 is 0 Å². The third-order valence-electron chi connectivity index (χ3n) is 5.16. The second-order valence-electron chi connectivity index (χ2n) is 7.05. The first kappa shape index (κ1) is 23.4. The lowest BCUT2D eigenvalue weighted by Crippen LogP contribution is -2.21. The molecule has 1 N–H and O–H groups in total. The summed E-state index contributed by atoms with van der Waals surface area (Å²) in [6.45, 7) is 12.6. The van der Waals surface area contributed by atoms with E-state index in [-0.39, 0.29) is 0 Å². The van der Waals surface area contributed by atoms with E-state index in [1.807, 2.05) is 0 Å². The lowest BCUT2D eigenvalue weighted by atomic mass is 10.2. The molecular weight excluding hydrogens is 418 g/mol. The highest BCUT2D eigenvalue weighted by Gasteiger charge is 2.03. The summed E-state index contributed by atoms with van der Waals surface area (Å²) in [4.78, 5) is 9.05. The molecule has 0 atom stereocenters. The Morgan fingerprint density at radius 1 is 0.750 bits per heavy atom. The van der Waals surface area contributed by atoms with E-state index in [2.05, 4.69) is 112 Å². The van der Waals surface area contributed by atoms with Crippen LogP contribution in [0.5, 0.6) is 0 Å². The first-order valence-electron chi connectivity index (χ1n) is 11.0. The first-order chi connectivity index (χ1) is 15.7. The van der Waals surface area contributed by atoms with Gasteiger partial charge in [0, 0.05) is 43.8 Å². The Balaban J connectivity index is 1.54. The van der Waals surface area contributed by atoms with E-state index in [4.69, 9.17) is 0 Å². The van der Waals surface area contributed by atoms with E-state index in [1.165, 1.54) is 22.7 Å². The second kappa shape index (κ2) is 12.0. The van der Waals surface area contributed by atoms with Crippen molar-refractivity contribution in [1.82, 2.24) is 10.2 Å². The van der Waals surface area contributed by atoms with Crippen molar-refractivity contribution in [2.24, 2.45) is 10.1 Å². The maximum Gasteiger partial charge on any atom is 0.233 e. The van der Waals surface area contributed by atoms with Crippen molar-refractivity contribution in [1.29, 1.82) is 0 Å². The molecule has 3 aromatic rings. The molecule has 1 aromatic heterocycles. The molecular formula is C24H31N7S. The molecule has 0 saturated heterocycles. The Hall–Kier alpha value is -3.26. The highest BCUT2D eigenvalue weighted by Crippen LogP contribution is 2.23. The lowest BCUT2D eigenvalue weighted by molar-refractivity contribution is 0.866. The molecule has 0 fully saturated rings. The number of hydrazone groups is 1. The van der Waals surface area contributed by atoms with Crippen molar-refractivity contribution < 1.29 is 0 Å². The molecule has 1 heterocycles. The summed E-state index contributed by atoms with van der Waals surface area (Å²) in [5.74, 6) is 0. The SMILES string of the molecule is CCN(CC)c1ccc(C=NNc2nnc(N=Cc3ccc(N(CC)CC)cc3)s2)cc1. The Morgan fingerprint density at radius 2 is 1.25 bits per heavy atom. The predicted octanol–water partition coefficient (Wildman–Crippen LogP) is 5.43. The Kier molecular flexibility index (Phi) is 8.74. The van der Waals surface area contributed by atoms with E-state index in [0.29, 0.717) is 10.3 Å². The molecule has 0 bridgehead atoms. The summed E-state index contributed by atoms with van der Waals surface area (Å²) in [5.41, 5.74) is 7.41. The zero-order chi connectivity index (χ0) is 22.8. The summed E-state index contributed by atoms with van der Waals surface area (Å²) in [6, 6.07) is 16.7. The summed E-state index contributed by atoms with van der Waals surface area (Å²) in [6.07, 6.45) is 3.57. The van der Waals surface area contributed by atoms with Gasteiger partial charge in [-0.15, -0.1) is 10.2 Å². The predicted molar refractivity (Wildman–Crippen MR) is 138 cm³/mol. The molecule has 168 valence electrons. The van der Waals surface area contributed by atoms with E-state index in [0.717, 1.165) is 37.3 Å². The van der Waals surface area contributed by atoms with Crippen LogP contribution in [0.4, 0.5) is 21.6 Å². The molecule has 3 rings (SSSR count). The minimum atomic E-state index is 0.582. The lowest BCUT2D eigenvalue weighted by Gasteiger charge is -2.20. The van der Waals surface area contributed by atoms with Gasteiger partial charge in [-0.2, -0.15) is 5.10 Å². The van der Waals surface area contributed by atoms with Crippen molar-refractivity contribution in [2.75, 3.05) is 41.4 Å². The molecule has 0 spiro atoms. The number of benzene rings is 2. The normalized spacial score (nSPS) is 11.4. The molecule has 0 amide bonds. The van der Waals surface area contributed by atoms with Crippen molar-refractivity contribution >= 4 is 45.4 Å². The minimum absolute atomic E-state index is 0.582. The average Bonchev–Trinajstić information content (AvgIpc) is 3.29. The number of nitrogens with zero attached hydrogens (tertiary/aromatic N) is 6. The van der Waals surface area contributed by atoms with Crippen LogP contribution >= 0.6 is 11.3 Å². The second-order valence-corrected chi connectivity index (χ2v) is 8.00.